The molecule has 2 N–H and O–H groups in total. The summed E-state index contributed by atoms with van der Waals surface area (Å²) in [4.78, 5) is 16.5. The van der Waals surface area contributed by atoms with Crippen LogP contribution >= 0.6 is 12.4 Å². The third-order valence-corrected chi connectivity index (χ3v) is 4.38. The predicted molar refractivity (Wildman–Crippen MR) is 97.6 cm³/mol. The summed E-state index contributed by atoms with van der Waals surface area (Å²) in [5, 5.41) is 10.3. The van der Waals surface area contributed by atoms with Gasteiger partial charge in [-0.15, -0.1) is 12.4 Å². The second kappa shape index (κ2) is 9.53. The third-order valence-electron chi connectivity index (χ3n) is 4.38. The van der Waals surface area contributed by atoms with E-state index in [-0.39, 0.29) is 24.4 Å². The van der Waals surface area contributed by atoms with Crippen LogP contribution in [-0.2, 0) is 11.2 Å². The van der Waals surface area contributed by atoms with Gasteiger partial charge in [0.1, 0.15) is 6.04 Å². The van der Waals surface area contributed by atoms with Gasteiger partial charge in [-0.1, -0.05) is 35.5 Å². The molecule has 3 rings (SSSR count). The zero-order valence-electron chi connectivity index (χ0n) is 14.4. The van der Waals surface area contributed by atoms with Gasteiger partial charge in [-0.2, -0.15) is 4.98 Å². The molecule has 1 aliphatic rings. The highest BCUT2D eigenvalue weighted by atomic mass is 35.5. The summed E-state index contributed by atoms with van der Waals surface area (Å²) in [5.74, 6) is 1.75. The molecule has 2 aromatic rings. The molecule has 0 spiro atoms. The minimum absolute atomic E-state index is 0. The van der Waals surface area contributed by atoms with Crippen LogP contribution in [0.1, 0.15) is 49.5 Å². The number of nitrogens with zero attached hydrogens (tertiary/aromatic N) is 2. The molecule has 0 saturated carbocycles. The smallest absolute Gasteiger partial charge is 0.248 e. The Labute approximate surface area is 154 Å². The van der Waals surface area contributed by atoms with E-state index in [0.29, 0.717) is 30.5 Å². The summed E-state index contributed by atoms with van der Waals surface area (Å²) >= 11 is 0. The lowest BCUT2D eigenvalue weighted by molar-refractivity contribution is -0.122. The summed E-state index contributed by atoms with van der Waals surface area (Å²) in [6.07, 6.45) is 3.26. The summed E-state index contributed by atoms with van der Waals surface area (Å²) in [6.45, 7) is 3.96. The van der Waals surface area contributed by atoms with Gasteiger partial charge >= 0.3 is 0 Å². The van der Waals surface area contributed by atoms with Crippen molar-refractivity contribution in [3.05, 3.63) is 47.6 Å². The highest BCUT2D eigenvalue weighted by Crippen LogP contribution is 2.16. The second-order valence-electron chi connectivity index (χ2n) is 6.40. The van der Waals surface area contributed by atoms with Crippen LogP contribution in [0.5, 0.6) is 0 Å². The molecule has 136 valence electrons. The molecule has 1 saturated heterocycles. The Balaban J connectivity index is 0.00000225. The molecule has 1 aliphatic heterocycles. The Kier molecular flexibility index (Phi) is 7.40. The maximum absolute atomic E-state index is 12.1. The maximum Gasteiger partial charge on any atom is 0.248 e. The molecule has 1 fully saturated rings. The van der Waals surface area contributed by atoms with E-state index < -0.39 is 0 Å². The number of aromatic nitrogens is 2. The minimum Gasteiger partial charge on any atom is -0.345 e. The Morgan fingerprint density at radius 3 is 2.92 bits per heavy atom. The van der Waals surface area contributed by atoms with Crippen molar-refractivity contribution < 1.29 is 9.32 Å². The van der Waals surface area contributed by atoms with Gasteiger partial charge in [-0.3, -0.25) is 4.79 Å². The molecular weight excluding hydrogens is 340 g/mol. The number of carbonyl (C=O) groups is 1. The fourth-order valence-corrected chi connectivity index (χ4v) is 2.97. The minimum atomic E-state index is -0.267. The van der Waals surface area contributed by atoms with Gasteiger partial charge in [0.25, 0.3) is 0 Å². The monoisotopic (exact) mass is 364 g/mol. The molecule has 6 nitrogen and oxygen atoms in total. The van der Waals surface area contributed by atoms with Crippen LogP contribution in [0, 0.1) is 5.92 Å². The predicted octanol–water partition coefficient (Wildman–Crippen LogP) is 2.65. The van der Waals surface area contributed by atoms with E-state index in [1.165, 1.54) is 0 Å². The Morgan fingerprint density at radius 2 is 2.20 bits per heavy atom. The fraction of sp³-hybridized carbons (Fsp3) is 0.500. The van der Waals surface area contributed by atoms with Gasteiger partial charge in [0.2, 0.25) is 11.8 Å². The quantitative estimate of drug-likeness (QED) is 0.789. The number of hydrogen-bond acceptors (Lipinski definition) is 5. The first-order valence-electron chi connectivity index (χ1n) is 8.57. The molecule has 0 aliphatic carbocycles. The molecule has 7 heteroatoms. The van der Waals surface area contributed by atoms with Crippen molar-refractivity contribution in [3.63, 3.8) is 0 Å². The standard InChI is InChI=1S/C18H24N4O2.ClH/c1-13(20-17(23)8-7-15-9-10-19-12-15)18-21-16(22-24-18)11-14-5-3-2-4-6-14;/h2-6,13,15,19H,7-12H2,1H3,(H,20,23);1H. The van der Waals surface area contributed by atoms with Crippen molar-refractivity contribution >= 4 is 18.3 Å². The number of rotatable bonds is 7. The van der Waals surface area contributed by atoms with Gasteiger partial charge < -0.3 is 15.2 Å². The van der Waals surface area contributed by atoms with Crippen molar-refractivity contribution in [1.29, 1.82) is 0 Å². The largest absolute Gasteiger partial charge is 0.345 e. The first kappa shape index (κ1) is 19.4. The van der Waals surface area contributed by atoms with Crippen molar-refractivity contribution in [1.82, 2.24) is 20.8 Å². The van der Waals surface area contributed by atoms with Gasteiger partial charge in [-0.25, -0.2) is 0 Å². The first-order valence-corrected chi connectivity index (χ1v) is 8.57. The lowest BCUT2D eigenvalue weighted by atomic mass is 10.0. The molecule has 1 amide bonds. The first-order chi connectivity index (χ1) is 11.7. The Bertz CT molecular complexity index is 656. The van der Waals surface area contributed by atoms with Crippen LogP contribution in [0.4, 0.5) is 0 Å². The van der Waals surface area contributed by atoms with Crippen molar-refractivity contribution in [2.24, 2.45) is 5.92 Å². The van der Waals surface area contributed by atoms with E-state index >= 15 is 0 Å². The summed E-state index contributed by atoms with van der Waals surface area (Å²) in [5.41, 5.74) is 1.13. The van der Waals surface area contributed by atoms with E-state index in [4.69, 9.17) is 4.52 Å². The van der Waals surface area contributed by atoms with E-state index in [1.54, 1.807) is 0 Å². The molecule has 2 atom stereocenters. The van der Waals surface area contributed by atoms with Crippen LogP contribution in [0.2, 0.25) is 0 Å². The van der Waals surface area contributed by atoms with Crippen molar-refractivity contribution in [2.75, 3.05) is 13.1 Å². The Morgan fingerprint density at radius 1 is 1.40 bits per heavy atom. The van der Waals surface area contributed by atoms with Crippen molar-refractivity contribution in [3.8, 4) is 0 Å². The average molecular weight is 365 g/mol. The van der Waals surface area contributed by atoms with E-state index in [9.17, 15) is 4.79 Å². The number of halogens is 1. The number of amides is 1. The van der Waals surface area contributed by atoms with Crippen LogP contribution in [-0.4, -0.2) is 29.1 Å². The number of carbonyl (C=O) groups excluding carboxylic acids is 1. The molecule has 25 heavy (non-hydrogen) atoms. The third kappa shape index (κ3) is 5.83. The van der Waals surface area contributed by atoms with E-state index in [2.05, 4.69) is 20.8 Å². The van der Waals surface area contributed by atoms with Crippen LogP contribution in [0.3, 0.4) is 0 Å². The molecule has 0 bridgehead atoms. The lowest BCUT2D eigenvalue weighted by Crippen LogP contribution is -2.27. The SMILES string of the molecule is CC(NC(=O)CCC1CCNC1)c1nc(Cc2ccccc2)no1.Cl. The molecule has 1 aromatic carbocycles. The lowest BCUT2D eigenvalue weighted by Gasteiger charge is -2.11. The van der Waals surface area contributed by atoms with Crippen LogP contribution in [0.25, 0.3) is 0 Å². The van der Waals surface area contributed by atoms with Crippen LogP contribution < -0.4 is 10.6 Å². The number of nitrogens with one attached hydrogen (secondary N) is 2. The van der Waals surface area contributed by atoms with Crippen molar-refractivity contribution in [2.45, 2.75) is 38.6 Å². The van der Waals surface area contributed by atoms with Gasteiger partial charge in [0.05, 0.1) is 0 Å². The normalized spacial score (nSPS) is 17.7. The Hall–Kier alpha value is -1.92. The molecule has 0 radical (unpaired) electrons. The molecular formula is C18H25ClN4O2. The second-order valence-corrected chi connectivity index (χ2v) is 6.40. The number of benzene rings is 1. The van der Waals surface area contributed by atoms with E-state index in [0.717, 1.165) is 31.5 Å². The maximum atomic E-state index is 12.1. The summed E-state index contributed by atoms with van der Waals surface area (Å²) in [6, 6.07) is 9.73. The number of hydrogen-bond donors (Lipinski definition) is 2. The van der Waals surface area contributed by atoms with Gasteiger partial charge in [-0.05, 0) is 44.3 Å². The van der Waals surface area contributed by atoms with Gasteiger partial charge in [0.15, 0.2) is 5.82 Å². The topological polar surface area (TPSA) is 80.0 Å². The summed E-state index contributed by atoms with van der Waals surface area (Å²) < 4.78 is 5.29. The molecule has 1 aromatic heterocycles. The molecule has 2 heterocycles. The summed E-state index contributed by atoms with van der Waals surface area (Å²) in [7, 11) is 0. The highest BCUT2D eigenvalue weighted by Gasteiger charge is 2.19. The zero-order chi connectivity index (χ0) is 16.8. The molecule has 2 unspecified atom stereocenters. The fourth-order valence-electron chi connectivity index (χ4n) is 2.97. The average Bonchev–Trinajstić information content (AvgIpc) is 3.25. The highest BCUT2D eigenvalue weighted by molar-refractivity contribution is 5.85. The van der Waals surface area contributed by atoms with E-state index in [1.807, 2.05) is 37.3 Å². The van der Waals surface area contributed by atoms with Crippen LogP contribution in [0.15, 0.2) is 34.9 Å². The van der Waals surface area contributed by atoms with Gasteiger partial charge in [0, 0.05) is 12.8 Å². The zero-order valence-corrected chi connectivity index (χ0v) is 15.2.